The molecule has 0 spiro atoms. The van der Waals surface area contributed by atoms with Gasteiger partial charge in [-0.3, -0.25) is 0 Å². The van der Waals surface area contributed by atoms with Crippen LogP contribution >= 0.6 is 23.1 Å². The Hall–Kier alpha value is -2.12. The van der Waals surface area contributed by atoms with Crippen LogP contribution in [-0.2, 0) is 12.4 Å². The van der Waals surface area contributed by atoms with E-state index in [2.05, 4.69) is 40.4 Å². The average Bonchev–Trinajstić information content (AvgIpc) is 3.18. The summed E-state index contributed by atoms with van der Waals surface area (Å²) >= 11 is 3.33. The van der Waals surface area contributed by atoms with E-state index in [1.54, 1.807) is 0 Å². The predicted octanol–water partition coefficient (Wildman–Crippen LogP) is 4.17. The average molecular weight is 356 g/mol. The molecular formula is C17H16N4OS2. The molecule has 0 amide bonds. The van der Waals surface area contributed by atoms with E-state index in [1.807, 2.05) is 40.5 Å². The molecular weight excluding hydrogens is 340 g/mol. The smallest absolute Gasteiger partial charge is 0.234 e. The van der Waals surface area contributed by atoms with Crippen LogP contribution < -0.4 is 4.74 Å². The molecule has 0 unspecified atom stereocenters. The third-order valence-corrected chi connectivity index (χ3v) is 5.38. The monoisotopic (exact) mass is 356 g/mol. The standard InChI is InChI=1S/C17H16N4OS2/c1-2-23-11-15-18-19-17-21(15)20-16(24-17)10-22-14-9-5-7-12-6-3-4-8-13(12)14/h3-9H,2,10-11H2,1H3. The van der Waals surface area contributed by atoms with E-state index in [9.17, 15) is 0 Å². The van der Waals surface area contributed by atoms with Gasteiger partial charge in [0, 0.05) is 5.39 Å². The summed E-state index contributed by atoms with van der Waals surface area (Å²) in [5.74, 6) is 3.64. The zero-order valence-electron chi connectivity index (χ0n) is 13.2. The van der Waals surface area contributed by atoms with Gasteiger partial charge in [-0.1, -0.05) is 54.7 Å². The lowest BCUT2D eigenvalue weighted by Gasteiger charge is -2.07. The minimum absolute atomic E-state index is 0.433. The van der Waals surface area contributed by atoms with Gasteiger partial charge in [0.2, 0.25) is 4.96 Å². The van der Waals surface area contributed by atoms with Gasteiger partial charge in [-0.2, -0.15) is 21.4 Å². The molecule has 0 fully saturated rings. The summed E-state index contributed by atoms with van der Waals surface area (Å²) in [6, 6.07) is 14.3. The van der Waals surface area contributed by atoms with Crippen LogP contribution in [0.15, 0.2) is 42.5 Å². The molecule has 0 aliphatic carbocycles. The Kier molecular flexibility index (Phi) is 4.36. The second-order valence-electron chi connectivity index (χ2n) is 5.21. The number of hydrogen-bond acceptors (Lipinski definition) is 6. The van der Waals surface area contributed by atoms with Crippen molar-refractivity contribution in [2.75, 3.05) is 5.75 Å². The summed E-state index contributed by atoms with van der Waals surface area (Å²) in [6.45, 7) is 2.57. The molecule has 0 aliphatic rings. The minimum atomic E-state index is 0.433. The van der Waals surface area contributed by atoms with Crippen LogP contribution in [0.4, 0.5) is 0 Å². The number of aromatic nitrogens is 4. The molecule has 0 bridgehead atoms. The maximum atomic E-state index is 6.01. The lowest BCUT2D eigenvalue weighted by molar-refractivity contribution is 0.308. The molecule has 24 heavy (non-hydrogen) atoms. The van der Waals surface area contributed by atoms with Crippen molar-refractivity contribution in [3.63, 3.8) is 0 Å². The number of fused-ring (bicyclic) bond motifs is 2. The van der Waals surface area contributed by atoms with Gasteiger partial charge in [-0.15, -0.1) is 10.2 Å². The van der Waals surface area contributed by atoms with Gasteiger partial charge in [0.25, 0.3) is 0 Å². The Bertz CT molecular complexity index is 974. The van der Waals surface area contributed by atoms with Crippen molar-refractivity contribution in [1.82, 2.24) is 19.8 Å². The maximum Gasteiger partial charge on any atom is 0.234 e. The van der Waals surface area contributed by atoms with E-state index in [-0.39, 0.29) is 0 Å². The normalized spacial score (nSPS) is 11.4. The predicted molar refractivity (Wildman–Crippen MR) is 98.8 cm³/mol. The van der Waals surface area contributed by atoms with Crippen LogP contribution in [0.1, 0.15) is 17.8 Å². The van der Waals surface area contributed by atoms with Gasteiger partial charge < -0.3 is 4.74 Å². The fourth-order valence-corrected chi connectivity index (χ4v) is 3.83. The number of benzene rings is 2. The van der Waals surface area contributed by atoms with Crippen molar-refractivity contribution in [3.05, 3.63) is 53.3 Å². The van der Waals surface area contributed by atoms with Crippen molar-refractivity contribution in [2.45, 2.75) is 19.3 Å². The van der Waals surface area contributed by atoms with E-state index >= 15 is 0 Å². The zero-order chi connectivity index (χ0) is 16.4. The maximum absolute atomic E-state index is 6.01. The first kappa shape index (κ1) is 15.4. The highest BCUT2D eigenvalue weighted by Crippen LogP contribution is 2.26. The van der Waals surface area contributed by atoms with E-state index < -0.39 is 0 Å². The Morgan fingerprint density at radius 2 is 2.00 bits per heavy atom. The summed E-state index contributed by atoms with van der Waals surface area (Å²) in [6.07, 6.45) is 0. The molecule has 0 N–H and O–H groups in total. The number of ether oxygens (including phenoxy) is 1. The largest absolute Gasteiger partial charge is 0.486 e. The van der Waals surface area contributed by atoms with Gasteiger partial charge in [0.05, 0.1) is 5.75 Å². The van der Waals surface area contributed by atoms with E-state index in [1.165, 1.54) is 16.7 Å². The molecule has 2 heterocycles. The molecule has 0 saturated heterocycles. The molecule has 0 aliphatic heterocycles. The molecule has 2 aromatic heterocycles. The van der Waals surface area contributed by atoms with E-state index in [4.69, 9.17) is 4.74 Å². The minimum Gasteiger partial charge on any atom is -0.486 e. The number of rotatable bonds is 6. The summed E-state index contributed by atoms with van der Waals surface area (Å²) in [5, 5.41) is 16.2. The van der Waals surface area contributed by atoms with Crippen LogP contribution in [0.5, 0.6) is 5.75 Å². The Morgan fingerprint density at radius 1 is 1.12 bits per heavy atom. The van der Waals surface area contributed by atoms with E-state index in [0.29, 0.717) is 6.61 Å². The summed E-state index contributed by atoms with van der Waals surface area (Å²) in [5.41, 5.74) is 0. The van der Waals surface area contributed by atoms with Crippen molar-refractivity contribution in [1.29, 1.82) is 0 Å². The summed E-state index contributed by atoms with van der Waals surface area (Å²) in [7, 11) is 0. The van der Waals surface area contributed by atoms with Crippen LogP contribution in [0.3, 0.4) is 0 Å². The second-order valence-corrected chi connectivity index (χ2v) is 7.52. The Balaban J connectivity index is 1.55. The topological polar surface area (TPSA) is 52.3 Å². The fourth-order valence-electron chi connectivity index (χ4n) is 2.50. The number of hydrogen-bond donors (Lipinski definition) is 0. The first-order chi connectivity index (χ1) is 11.8. The molecule has 0 saturated carbocycles. The van der Waals surface area contributed by atoms with Crippen LogP contribution in [0.25, 0.3) is 15.7 Å². The number of thioether (sulfide) groups is 1. The highest BCUT2D eigenvalue weighted by molar-refractivity contribution is 7.98. The van der Waals surface area contributed by atoms with Gasteiger partial charge >= 0.3 is 0 Å². The van der Waals surface area contributed by atoms with Gasteiger partial charge in [0.15, 0.2) is 10.8 Å². The molecule has 4 aromatic rings. The zero-order valence-corrected chi connectivity index (χ0v) is 14.8. The SMILES string of the molecule is CCSCc1nnc2sc(COc3cccc4ccccc34)nn12. The van der Waals surface area contributed by atoms with Gasteiger partial charge in [0.1, 0.15) is 12.4 Å². The lowest BCUT2D eigenvalue weighted by Crippen LogP contribution is -1.99. The highest BCUT2D eigenvalue weighted by atomic mass is 32.2. The lowest BCUT2D eigenvalue weighted by atomic mass is 10.1. The second kappa shape index (κ2) is 6.78. The fraction of sp³-hybridized carbons (Fsp3) is 0.235. The number of nitrogens with zero attached hydrogens (tertiary/aromatic N) is 4. The quantitative estimate of drug-likeness (QED) is 0.519. The van der Waals surface area contributed by atoms with Crippen LogP contribution in [0.2, 0.25) is 0 Å². The van der Waals surface area contributed by atoms with Crippen molar-refractivity contribution in [2.24, 2.45) is 0 Å². The Labute approximate surface area is 147 Å². The molecule has 5 nitrogen and oxygen atoms in total. The molecule has 4 rings (SSSR count). The molecule has 122 valence electrons. The molecule has 0 radical (unpaired) electrons. The third-order valence-electron chi connectivity index (χ3n) is 3.63. The third kappa shape index (κ3) is 2.97. The highest BCUT2D eigenvalue weighted by Gasteiger charge is 2.12. The summed E-state index contributed by atoms with van der Waals surface area (Å²) in [4.78, 5) is 0.818. The van der Waals surface area contributed by atoms with Crippen molar-refractivity contribution < 1.29 is 4.74 Å². The van der Waals surface area contributed by atoms with Crippen molar-refractivity contribution >= 4 is 38.8 Å². The van der Waals surface area contributed by atoms with Gasteiger partial charge in [-0.05, 0) is 17.2 Å². The molecule has 7 heteroatoms. The molecule has 2 aromatic carbocycles. The van der Waals surface area contributed by atoms with Crippen molar-refractivity contribution in [3.8, 4) is 5.75 Å². The molecule has 0 atom stereocenters. The Morgan fingerprint density at radius 3 is 2.92 bits per heavy atom. The van der Waals surface area contributed by atoms with Crippen LogP contribution in [-0.4, -0.2) is 25.6 Å². The van der Waals surface area contributed by atoms with Gasteiger partial charge in [-0.25, -0.2) is 0 Å². The first-order valence-corrected chi connectivity index (χ1v) is 9.70. The first-order valence-electron chi connectivity index (χ1n) is 7.73. The van der Waals surface area contributed by atoms with Crippen LogP contribution in [0, 0.1) is 0 Å². The van der Waals surface area contributed by atoms with E-state index in [0.717, 1.165) is 38.4 Å². The summed E-state index contributed by atoms with van der Waals surface area (Å²) < 4.78 is 7.83.